The van der Waals surface area contributed by atoms with Gasteiger partial charge in [-0.25, -0.2) is 4.68 Å². The van der Waals surface area contributed by atoms with Crippen LogP contribution in [0.25, 0.3) is 5.69 Å². The highest BCUT2D eigenvalue weighted by atomic mass is 127. The number of aryl methyl sites for hydroxylation is 1. The Morgan fingerprint density at radius 1 is 1.11 bits per heavy atom. The smallest absolute Gasteiger partial charge is 0.191 e. The Morgan fingerprint density at radius 2 is 1.85 bits per heavy atom. The fourth-order valence-corrected chi connectivity index (χ4v) is 3.31. The summed E-state index contributed by atoms with van der Waals surface area (Å²) >= 11 is 1.79. The summed E-state index contributed by atoms with van der Waals surface area (Å²) in [6.07, 6.45) is 1.95. The molecule has 0 amide bonds. The van der Waals surface area contributed by atoms with Crippen molar-refractivity contribution >= 4 is 41.3 Å². The molecule has 3 aromatic rings. The Balaban J connectivity index is 0.00000261. The molecule has 0 atom stereocenters. The van der Waals surface area contributed by atoms with Crippen LogP contribution in [0.1, 0.15) is 15.4 Å². The van der Waals surface area contributed by atoms with Crippen LogP contribution in [0.2, 0.25) is 0 Å². The van der Waals surface area contributed by atoms with Crippen molar-refractivity contribution in [1.29, 1.82) is 0 Å². The van der Waals surface area contributed by atoms with Gasteiger partial charge in [-0.2, -0.15) is 5.10 Å². The summed E-state index contributed by atoms with van der Waals surface area (Å²) in [6.45, 7) is 3.48. The lowest BCUT2D eigenvalue weighted by molar-refractivity contribution is 0.414. The molecular formula is C19H24IN5OS. The molecule has 3 rings (SSSR count). The number of thiophene rings is 1. The van der Waals surface area contributed by atoms with E-state index in [1.165, 1.54) is 9.75 Å². The van der Waals surface area contributed by atoms with E-state index in [0.717, 1.165) is 29.6 Å². The first-order valence-corrected chi connectivity index (χ1v) is 9.18. The molecule has 0 aliphatic heterocycles. The molecule has 6 nitrogen and oxygen atoms in total. The summed E-state index contributed by atoms with van der Waals surface area (Å²) in [4.78, 5) is 6.86. The molecule has 0 spiro atoms. The van der Waals surface area contributed by atoms with Gasteiger partial charge in [0.1, 0.15) is 5.75 Å². The molecule has 0 unspecified atom stereocenters. The largest absolute Gasteiger partial charge is 0.497 e. The first-order chi connectivity index (χ1) is 12.7. The van der Waals surface area contributed by atoms with Gasteiger partial charge in [0.15, 0.2) is 5.96 Å². The van der Waals surface area contributed by atoms with Crippen LogP contribution in [0.4, 0.5) is 0 Å². The van der Waals surface area contributed by atoms with Gasteiger partial charge in [-0.3, -0.25) is 4.99 Å². The first kappa shape index (κ1) is 21.2. The predicted octanol–water partition coefficient (Wildman–Crippen LogP) is 3.73. The van der Waals surface area contributed by atoms with Crippen LogP contribution in [0.3, 0.4) is 0 Å². The van der Waals surface area contributed by atoms with Crippen LogP contribution in [0, 0.1) is 6.92 Å². The molecule has 0 aliphatic carbocycles. The number of guanidine groups is 1. The minimum Gasteiger partial charge on any atom is -0.497 e. The van der Waals surface area contributed by atoms with Gasteiger partial charge in [-0.15, -0.1) is 35.3 Å². The number of hydrogen-bond acceptors (Lipinski definition) is 4. The minimum atomic E-state index is 0. The fraction of sp³-hybridized carbons (Fsp3) is 0.263. The number of aliphatic imine (C=N–C) groups is 1. The van der Waals surface area contributed by atoms with Gasteiger partial charge in [0.2, 0.25) is 0 Å². The van der Waals surface area contributed by atoms with Gasteiger partial charge in [0.05, 0.1) is 31.6 Å². The normalized spacial score (nSPS) is 11.0. The molecule has 0 saturated carbocycles. The third-order valence-corrected chi connectivity index (χ3v) is 4.87. The predicted molar refractivity (Wildman–Crippen MR) is 122 cm³/mol. The van der Waals surface area contributed by atoms with E-state index in [0.29, 0.717) is 6.54 Å². The standard InChI is InChI=1S/C19H23N5OS.HI/c1-14-4-9-18(26-14)13-22-19(20-2)21-12-15-10-11-24(23-15)16-5-7-17(25-3)8-6-16;/h4-11H,12-13H2,1-3H3,(H2,20,21,22);1H. The second-order valence-corrected chi connectivity index (χ2v) is 7.11. The second kappa shape index (κ2) is 10.3. The van der Waals surface area contributed by atoms with Crippen LogP contribution in [-0.4, -0.2) is 29.9 Å². The zero-order valence-electron chi connectivity index (χ0n) is 15.6. The quantitative estimate of drug-likeness (QED) is 0.310. The van der Waals surface area contributed by atoms with Crippen molar-refractivity contribution in [1.82, 2.24) is 20.4 Å². The fourth-order valence-electron chi connectivity index (χ4n) is 2.48. The van der Waals surface area contributed by atoms with E-state index in [4.69, 9.17) is 4.74 Å². The van der Waals surface area contributed by atoms with Crippen LogP contribution in [0.15, 0.2) is 53.7 Å². The SMILES string of the molecule is CN=C(NCc1ccn(-c2ccc(OC)cc2)n1)NCc1ccc(C)s1.I. The summed E-state index contributed by atoms with van der Waals surface area (Å²) in [5, 5.41) is 11.2. The number of aromatic nitrogens is 2. The molecule has 8 heteroatoms. The zero-order valence-corrected chi connectivity index (χ0v) is 18.7. The number of rotatable bonds is 6. The van der Waals surface area contributed by atoms with Crippen LogP contribution < -0.4 is 15.4 Å². The number of benzene rings is 1. The zero-order chi connectivity index (χ0) is 18.4. The molecule has 1 aromatic carbocycles. The van der Waals surface area contributed by atoms with Crippen molar-refractivity contribution in [3.63, 3.8) is 0 Å². The molecule has 0 radical (unpaired) electrons. The first-order valence-electron chi connectivity index (χ1n) is 8.37. The summed E-state index contributed by atoms with van der Waals surface area (Å²) in [6, 6.07) is 14.1. The van der Waals surface area contributed by atoms with Gasteiger partial charge < -0.3 is 15.4 Å². The van der Waals surface area contributed by atoms with E-state index in [9.17, 15) is 0 Å². The van der Waals surface area contributed by atoms with Crippen LogP contribution >= 0.6 is 35.3 Å². The second-order valence-electron chi connectivity index (χ2n) is 5.74. The maximum atomic E-state index is 5.18. The lowest BCUT2D eigenvalue weighted by Gasteiger charge is -2.10. The molecule has 2 heterocycles. The van der Waals surface area contributed by atoms with E-state index in [-0.39, 0.29) is 24.0 Å². The van der Waals surface area contributed by atoms with Crippen molar-refractivity contribution in [2.24, 2.45) is 4.99 Å². The lowest BCUT2D eigenvalue weighted by atomic mass is 10.3. The third-order valence-electron chi connectivity index (χ3n) is 3.87. The maximum absolute atomic E-state index is 5.18. The average molecular weight is 497 g/mol. The van der Waals surface area contributed by atoms with Gasteiger partial charge in [0.25, 0.3) is 0 Å². The van der Waals surface area contributed by atoms with Gasteiger partial charge in [-0.05, 0) is 49.4 Å². The molecule has 0 fully saturated rings. The summed E-state index contributed by atoms with van der Waals surface area (Å²) in [5.74, 6) is 1.59. The summed E-state index contributed by atoms with van der Waals surface area (Å²) in [5.41, 5.74) is 1.93. The van der Waals surface area contributed by atoms with Gasteiger partial charge in [-0.1, -0.05) is 0 Å². The van der Waals surface area contributed by atoms with Crippen molar-refractivity contribution in [2.75, 3.05) is 14.2 Å². The molecule has 144 valence electrons. The van der Waals surface area contributed by atoms with Crippen LogP contribution in [-0.2, 0) is 13.1 Å². The lowest BCUT2D eigenvalue weighted by Crippen LogP contribution is -2.36. The number of hydrogen-bond donors (Lipinski definition) is 2. The number of halogens is 1. The number of nitrogens with zero attached hydrogens (tertiary/aromatic N) is 3. The monoisotopic (exact) mass is 497 g/mol. The molecule has 27 heavy (non-hydrogen) atoms. The average Bonchev–Trinajstić information content (AvgIpc) is 3.31. The Morgan fingerprint density at radius 3 is 2.48 bits per heavy atom. The molecule has 0 aliphatic rings. The molecule has 2 aromatic heterocycles. The van der Waals surface area contributed by atoms with Crippen molar-refractivity contribution in [3.8, 4) is 11.4 Å². The van der Waals surface area contributed by atoms with E-state index >= 15 is 0 Å². The Bertz CT molecular complexity index is 872. The number of nitrogens with one attached hydrogen (secondary N) is 2. The van der Waals surface area contributed by atoms with Crippen molar-refractivity contribution in [2.45, 2.75) is 20.0 Å². The maximum Gasteiger partial charge on any atom is 0.191 e. The molecule has 2 N–H and O–H groups in total. The number of methoxy groups -OCH3 is 1. The van der Waals surface area contributed by atoms with Crippen LogP contribution in [0.5, 0.6) is 5.75 Å². The van der Waals surface area contributed by atoms with Crippen molar-refractivity contribution in [3.05, 3.63) is 64.1 Å². The highest BCUT2D eigenvalue weighted by Crippen LogP contribution is 2.15. The molecule has 0 saturated heterocycles. The summed E-state index contributed by atoms with van der Waals surface area (Å²) < 4.78 is 7.03. The van der Waals surface area contributed by atoms with E-state index in [1.54, 1.807) is 25.5 Å². The molecule has 0 bridgehead atoms. The highest BCUT2D eigenvalue weighted by molar-refractivity contribution is 14.0. The number of ether oxygens (including phenoxy) is 1. The summed E-state index contributed by atoms with van der Waals surface area (Å²) in [7, 11) is 3.43. The van der Waals surface area contributed by atoms with Crippen molar-refractivity contribution < 1.29 is 4.74 Å². The van der Waals surface area contributed by atoms with Gasteiger partial charge in [0, 0.05) is 23.0 Å². The Labute approximate surface area is 180 Å². The topological polar surface area (TPSA) is 63.5 Å². The Hall–Kier alpha value is -2.07. The van der Waals surface area contributed by atoms with E-state index in [1.807, 2.05) is 41.2 Å². The van der Waals surface area contributed by atoms with E-state index < -0.39 is 0 Å². The van der Waals surface area contributed by atoms with E-state index in [2.05, 4.69) is 39.8 Å². The Kier molecular flexibility index (Phi) is 8.11. The highest BCUT2D eigenvalue weighted by Gasteiger charge is 2.04. The third kappa shape index (κ3) is 5.96. The minimum absolute atomic E-state index is 0. The van der Waals surface area contributed by atoms with Gasteiger partial charge >= 0.3 is 0 Å². The molecular weight excluding hydrogens is 473 g/mol.